The summed E-state index contributed by atoms with van der Waals surface area (Å²) in [6.45, 7) is 0. The highest BCUT2D eigenvalue weighted by Crippen LogP contribution is 2.35. The van der Waals surface area contributed by atoms with Gasteiger partial charge in [-0.2, -0.15) is 0 Å². The number of nitrogens with one attached hydrogen (secondary N) is 1. The summed E-state index contributed by atoms with van der Waals surface area (Å²) in [5.41, 5.74) is 6.10. The van der Waals surface area contributed by atoms with Crippen LogP contribution in [0.1, 0.15) is 12.8 Å². The summed E-state index contributed by atoms with van der Waals surface area (Å²) in [4.78, 5) is 3.91. The van der Waals surface area contributed by atoms with Gasteiger partial charge in [-0.1, -0.05) is 0 Å². The fourth-order valence-electron chi connectivity index (χ4n) is 1.19. The zero-order chi connectivity index (χ0) is 11.8. The summed E-state index contributed by atoms with van der Waals surface area (Å²) in [6, 6.07) is 1.57. The molecule has 1 saturated carbocycles. The Balaban J connectivity index is 2.31. The standard InChI is InChI=1S/C9H13N3O3S/c1-16(13,14)12-9-8(15-6-2-3-6)7(10)4-5-11-9/h4-6H,2-3H2,1H3,(H3,10,11,12). The van der Waals surface area contributed by atoms with Crippen LogP contribution in [-0.2, 0) is 10.0 Å². The Hall–Kier alpha value is -1.50. The van der Waals surface area contributed by atoms with Gasteiger partial charge in [-0.3, -0.25) is 4.72 Å². The van der Waals surface area contributed by atoms with E-state index in [-0.39, 0.29) is 11.9 Å². The van der Waals surface area contributed by atoms with Crippen molar-refractivity contribution in [3.8, 4) is 5.75 Å². The van der Waals surface area contributed by atoms with Gasteiger partial charge >= 0.3 is 0 Å². The van der Waals surface area contributed by atoms with E-state index < -0.39 is 10.0 Å². The second-order valence-corrected chi connectivity index (χ2v) is 5.52. The van der Waals surface area contributed by atoms with Crippen molar-refractivity contribution in [1.82, 2.24) is 4.98 Å². The number of hydrogen-bond donors (Lipinski definition) is 2. The maximum Gasteiger partial charge on any atom is 0.231 e. The molecule has 0 bridgehead atoms. The van der Waals surface area contributed by atoms with Gasteiger partial charge in [-0.25, -0.2) is 13.4 Å². The SMILES string of the molecule is CS(=O)(=O)Nc1nccc(N)c1OC1CC1. The van der Waals surface area contributed by atoms with Crippen molar-refractivity contribution >= 4 is 21.5 Å². The van der Waals surface area contributed by atoms with Gasteiger partial charge in [-0.05, 0) is 18.9 Å². The lowest BCUT2D eigenvalue weighted by atomic mass is 10.3. The first-order valence-corrected chi connectivity index (χ1v) is 6.74. The van der Waals surface area contributed by atoms with Gasteiger partial charge in [0.05, 0.1) is 18.0 Å². The van der Waals surface area contributed by atoms with Crippen LogP contribution in [0, 0.1) is 0 Å². The summed E-state index contributed by atoms with van der Waals surface area (Å²) < 4.78 is 30.0. The lowest BCUT2D eigenvalue weighted by Crippen LogP contribution is -2.13. The van der Waals surface area contributed by atoms with Crippen molar-refractivity contribution in [3.05, 3.63) is 12.3 Å². The zero-order valence-electron chi connectivity index (χ0n) is 8.80. The summed E-state index contributed by atoms with van der Waals surface area (Å²) >= 11 is 0. The smallest absolute Gasteiger partial charge is 0.231 e. The van der Waals surface area contributed by atoms with E-state index >= 15 is 0 Å². The van der Waals surface area contributed by atoms with Crippen LogP contribution < -0.4 is 15.2 Å². The van der Waals surface area contributed by atoms with Crippen LogP contribution in [0.25, 0.3) is 0 Å². The Morgan fingerprint density at radius 2 is 2.25 bits per heavy atom. The van der Waals surface area contributed by atoms with E-state index in [2.05, 4.69) is 9.71 Å². The monoisotopic (exact) mass is 243 g/mol. The number of pyridine rings is 1. The number of nitrogens with two attached hydrogens (primary N) is 1. The average molecular weight is 243 g/mol. The van der Waals surface area contributed by atoms with E-state index in [1.54, 1.807) is 6.07 Å². The molecule has 7 heteroatoms. The van der Waals surface area contributed by atoms with Crippen molar-refractivity contribution in [2.75, 3.05) is 16.7 Å². The fourth-order valence-corrected chi connectivity index (χ4v) is 1.68. The topological polar surface area (TPSA) is 94.3 Å². The van der Waals surface area contributed by atoms with E-state index in [9.17, 15) is 8.42 Å². The Bertz CT molecular complexity index is 497. The predicted molar refractivity (Wildman–Crippen MR) is 60.8 cm³/mol. The van der Waals surface area contributed by atoms with Gasteiger partial charge in [0, 0.05) is 6.20 Å². The molecule has 2 rings (SSSR count). The highest BCUT2D eigenvalue weighted by Gasteiger charge is 2.26. The number of sulfonamides is 1. The van der Waals surface area contributed by atoms with Crippen LogP contribution >= 0.6 is 0 Å². The second kappa shape index (κ2) is 3.82. The van der Waals surface area contributed by atoms with Gasteiger partial charge in [-0.15, -0.1) is 0 Å². The zero-order valence-corrected chi connectivity index (χ0v) is 9.62. The molecular formula is C9H13N3O3S. The minimum atomic E-state index is -3.38. The molecule has 1 aromatic rings. The second-order valence-electron chi connectivity index (χ2n) is 3.77. The highest BCUT2D eigenvalue weighted by molar-refractivity contribution is 7.92. The molecule has 1 aromatic heterocycles. The highest BCUT2D eigenvalue weighted by atomic mass is 32.2. The molecule has 88 valence electrons. The van der Waals surface area contributed by atoms with Crippen molar-refractivity contribution in [1.29, 1.82) is 0 Å². The largest absolute Gasteiger partial charge is 0.484 e. The Morgan fingerprint density at radius 1 is 1.56 bits per heavy atom. The average Bonchev–Trinajstić information content (AvgIpc) is 2.92. The molecule has 1 aliphatic carbocycles. The van der Waals surface area contributed by atoms with Gasteiger partial charge in [0.1, 0.15) is 0 Å². The Kier molecular flexibility index (Phi) is 2.63. The number of aromatic nitrogens is 1. The van der Waals surface area contributed by atoms with Gasteiger partial charge < -0.3 is 10.5 Å². The normalized spacial score (nSPS) is 15.8. The lowest BCUT2D eigenvalue weighted by molar-refractivity contribution is 0.305. The quantitative estimate of drug-likeness (QED) is 0.806. The third-order valence-corrected chi connectivity index (χ3v) is 2.59. The maximum atomic E-state index is 11.1. The number of anilines is 2. The van der Waals surface area contributed by atoms with Crippen LogP contribution in [-0.4, -0.2) is 25.8 Å². The van der Waals surface area contributed by atoms with Crippen LogP contribution in [0.4, 0.5) is 11.5 Å². The van der Waals surface area contributed by atoms with Gasteiger partial charge in [0.25, 0.3) is 0 Å². The summed E-state index contributed by atoms with van der Waals surface area (Å²) in [6.07, 6.45) is 4.55. The first-order valence-electron chi connectivity index (χ1n) is 4.84. The third kappa shape index (κ3) is 2.75. The molecule has 0 radical (unpaired) electrons. The van der Waals surface area contributed by atoms with Crippen LogP contribution in [0.5, 0.6) is 5.75 Å². The number of nitrogens with zero attached hydrogens (tertiary/aromatic N) is 1. The molecule has 0 aromatic carbocycles. The molecule has 3 N–H and O–H groups in total. The molecular weight excluding hydrogens is 230 g/mol. The molecule has 0 amide bonds. The Morgan fingerprint density at radius 3 is 2.81 bits per heavy atom. The molecule has 0 saturated heterocycles. The van der Waals surface area contributed by atoms with E-state index in [0.29, 0.717) is 11.4 Å². The van der Waals surface area contributed by atoms with Crippen LogP contribution in [0.2, 0.25) is 0 Å². The van der Waals surface area contributed by atoms with Crippen LogP contribution in [0.3, 0.4) is 0 Å². The molecule has 0 spiro atoms. The molecule has 0 unspecified atom stereocenters. The lowest BCUT2D eigenvalue weighted by Gasteiger charge is -2.12. The molecule has 1 aliphatic rings. The van der Waals surface area contributed by atoms with Gasteiger partial charge in [0.2, 0.25) is 10.0 Å². The molecule has 16 heavy (non-hydrogen) atoms. The van der Waals surface area contributed by atoms with Crippen molar-refractivity contribution in [2.24, 2.45) is 0 Å². The van der Waals surface area contributed by atoms with Gasteiger partial charge in [0.15, 0.2) is 11.6 Å². The van der Waals surface area contributed by atoms with Crippen molar-refractivity contribution in [3.63, 3.8) is 0 Å². The maximum absolute atomic E-state index is 11.1. The first-order chi connectivity index (χ1) is 7.46. The Labute approximate surface area is 93.9 Å². The summed E-state index contributed by atoms with van der Waals surface area (Å²) in [7, 11) is -3.38. The summed E-state index contributed by atoms with van der Waals surface area (Å²) in [5.74, 6) is 0.463. The van der Waals surface area contributed by atoms with E-state index in [1.807, 2.05) is 0 Å². The van der Waals surface area contributed by atoms with E-state index in [1.165, 1.54) is 6.20 Å². The minimum Gasteiger partial charge on any atom is -0.484 e. The molecule has 1 fully saturated rings. The summed E-state index contributed by atoms with van der Waals surface area (Å²) in [5, 5.41) is 0. The minimum absolute atomic E-state index is 0.131. The van der Waals surface area contributed by atoms with Crippen molar-refractivity contribution < 1.29 is 13.2 Å². The van der Waals surface area contributed by atoms with Crippen molar-refractivity contribution in [2.45, 2.75) is 18.9 Å². The van der Waals surface area contributed by atoms with E-state index in [0.717, 1.165) is 19.1 Å². The number of hydrogen-bond acceptors (Lipinski definition) is 5. The first kappa shape index (κ1) is 11.0. The fraction of sp³-hybridized carbons (Fsp3) is 0.444. The molecule has 1 heterocycles. The molecule has 0 atom stereocenters. The predicted octanol–water partition coefficient (Wildman–Crippen LogP) is 0.576. The van der Waals surface area contributed by atoms with E-state index in [4.69, 9.17) is 10.5 Å². The number of rotatable bonds is 4. The number of nitrogen functional groups attached to an aromatic ring is 1. The van der Waals surface area contributed by atoms with Crippen LogP contribution in [0.15, 0.2) is 12.3 Å². The molecule has 6 nitrogen and oxygen atoms in total. The third-order valence-electron chi connectivity index (χ3n) is 2.03. The number of ether oxygens (including phenoxy) is 1. The molecule has 0 aliphatic heterocycles.